The van der Waals surface area contributed by atoms with Crippen molar-refractivity contribution in [3.63, 3.8) is 0 Å². The molecule has 1 unspecified atom stereocenters. The van der Waals surface area contributed by atoms with Gasteiger partial charge in [0.25, 0.3) is 0 Å². The van der Waals surface area contributed by atoms with Gasteiger partial charge in [0, 0.05) is 24.9 Å². The predicted octanol–water partition coefficient (Wildman–Crippen LogP) is 1.19. The molecule has 1 aromatic carbocycles. The Morgan fingerprint density at radius 3 is 2.80 bits per heavy atom. The van der Waals surface area contributed by atoms with Crippen LogP contribution in [0.15, 0.2) is 18.2 Å². The number of anilines is 1. The zero-order chi connectivity index (χ0) is 15.1. The van der Waals surface area contributed by atoms with Crippen molar-refractivity contribution in [3.05, 3.63) is 29.3 Å². The Bertz CT molecular complexity index is 491. The fourth-order valence-electron chi connectivity index (χ4n) is 1.72. The van der Waals surface area contributed by atoms with Crippen molar-refractivity contribution in [2.24, 2.45) is 5.73 Å². The molecule has 0 radical (unpaired) electrons. The molecule has 0 saturated heterocycles. The number of hydrogen-bond donors (Lipinski definition) is 3. The summed E-state index contributed by atoms with van der Waals surface area (Å²) in [5.74, 6) is -0.0996. The molecule has 0 bridgehead atoms. The fraction of sp³-hybridized carbons (Fsp3) is 0.429. The number of carbonyl (C=O) groups excluding carboxylic acids is 1. The lowest BCUT2D eigenvalue weighted by atomic mass is 10.1. The predicted molar refractivity (Wildman–Crippen MR) is 85.0 cm³/mol. The van der Waals surface area contributed by atoms with E-state index in [9.17, 15) is 4.79 Å². The quantitative estimate of drug-likeness (QED) is 0.520. The van der Waals surface area contributed by atoms with E-state index in [4.69, 9.17) is 22.7 Å². The molecule has 0 aliphatic rings. The van der Waals surface area contributed by atoms with Crippen molar-refractivity contribution < 1.29 is 9.53 Å². The number of thiocarbonyl (C=S) groups is 1. The topological polar surface area (TPSA) is 76.4 Å². The molecule has 110 valence electrons. The molecular formula is C14H21N3O2S. The van der Waals surface area contributed by atoms with E-state index in [1.807, 2.05) is 25.1 Å². The van der Waals surface area contributed by atoms with Gasteiger partial charge < -0.3 is 21.1 Å². The molecule has 20 heavy (non-hydrogen) atoms. The number of methoxy groups -OCH3 is 1. The number of hydrogen-bond acceptors (Lipinski definition) is 4. The molecule has 0 aliphatic carbocycles. The first-order chi connectivity index (χ1) is 9.45. The van der Waals surface area contributed by atoms with Crippen molar-refractivity contribution in [2.45, 2.75) is 19.9 Å². The summed E-state index contributed by atoms with van der Waals surface area (Å²) in [7, 11) is 1.59. The third-order valence-electron chi connectivity index (χ3n) is 2.81. The van der Waals surface area contributed by atoms with E-state index >= 15 is 0 Å². The van der Waals surface area contributed by atoms with Crippen LogP contribution in [0, 0.1) is 6.92 Å². The van der Waals surface area contributed by atoms with E-state index in [1.54, 1.807) is 14.0 Å². The molecule has 0 fully saturated rings. The maximum absolute atomic E-state index is 11.9. The van der Waals surface area contributed by atoms with Crippen LogP contribution in [0.5, 0.6) is 0 Å². The highest BCUT2D eigenvalue weighted by Gasteiger charge is 2.14. The van der Waals surface area contributed by atoms with Crippen LogP contribution in [0.25, 0.3) is 0 Å². The lowest BCUT2D eigenvalue weighted by molar-refractivity contribution is -0.121. The van der Waals surface area contributed by atoms with Crippen LogP contribution in [0.4, 0.5) is 5.69 Å². The second kappa shape index (κ2) is 7.81. The molecule has 0 heterocycles. The van der Waals surface area contributed by atoms with E-state index in [0.717, 1.165) is 16.8 Å². The number of nitrogens with one attached hydrogen (secondary N) is 2. The number of ether oxygens (including phenoxy) is 1. The Hall–Kier alpha value is -1.66. The number of aryl methyl sites for hydroxylation is 1. The molecule has 1 aromatic rings. The molecule has 1 atom stereocenters. The van der Waals surface area contributed by atoms with Gasteiger partial charge in [-0.3, -0.25) is 4.79 Å². The molecule has 0 aliphatic heterocycles. The average molecular weight is 295 g/mol. The van der Waals surface area contributed by atoms with Crippen molar-refractivity contribution in [1.82, 2.24) is 5.32 Å². The number of benzene rings is 1. The van der Waals surface area contributed by atoms with Crippen LogP contribution >= 0.6 is 12.2 Å². The van der Waals surface area contributed by atoms with Gasteiger partial charge in [0.15, 0.2) is 0 Å². The number of amides is 1. The van der Waals surface area contributed by atoms with Crippen LogP contribution in [0.1, 0.15) is 18.1 Å². The lowest BCUT2D eigenvalue weighted by Gasteiger charge is -2.18. The SMILES string of the molecule is COCCNC(=O)C(C)Nc1cc(C)ccc1C(N)=S. The van der Waals surface area contributed by atoms with Gasteiger partial charge in [0.05, 0.1) is 6.61 Å². The summed E-state index contributed by atoms with van der Waals surface area (Å²) in [4.78, 5) is 12.2. The summed E-state index contributed by atoms with van der Waals surface area (Å²) in [5, 5.41) is 5.92. The van der Waals surface area contributed by atoms with Crippen molar-refractivity contribution in [3.8, 4) is 0 Å². The first kappa shape index (κ1) is 16.4. The molecule has 4 N–H and O–H groups in total. The van der Waals surface area contributed by atoms with Gasteiger partial charge in [-0.25, -0.2) is 0 Å². The van der Waals surface area contributed by atoms with Crippen molar-refractivity contribution >= 4 is 28.8 Å². The average Bonchev–Trinajstić information content (AvgIpc) is 2.38. The minimum atomic E-state index is -0.387. The molecule has 1 amide bonds. The van der Waals surface area contributed by atoms with Crippen LogP contribution in [-0.4, -0.2) is 37.2 Å². The van der Waals surface area contributed by atoms with E-state index in [1.165, 1.54) is 0 Å². The first-order valence-electron chi connectivity index (χ1n) is 6.39. The summed E-state index contributed by atoms with van der Waals surface area (Å²) in [5.41, 5.74) is 8.27. The van der Waals surface area contributed by atoms with Gasteiger partial charge in [0.1, 0.15) is 11.0 Å². The van der Waals surface area contributed by atoms with E-state index < -0.39 is 0 Å². The molecular weight excluding hydrogens is 274 g/mol. The van der Waals surface area contributed by atoms with Gasteiger partial charge in [0.2, 0.25) is 5.91 Å². The standard InChI is InChI=1S/C14H21N3O2S/c1-9-4-5-11(13(15)20)12(8-9)17-10(2)14(18)16-6-7-19-3/h4-5,8,10,17H,6-7H2,1-3H3,(H2,15,20)(H,16,18). The normalized spacial score (nSPS) is 11.8. The van der Waals surface area contributed by atoms with Gasteiger partial charge in [-0.1, -0.05) is 18.3 Å². The van der Waals surface area contributed by atoms with Crippen LogP contribution in [0.2, 0.25) is 0 Å². The van der Waals surface area contributed by atoms with Crippen LogP contribution in [0.3, 0.4) is 0 Å². The summed E-state index contributed by atoms with van der Waals surface area (Å²) in [6, 6.07) is 5.33. The number of rotatable bonds is 7. The molecule has 6 heteroatoms. The second-order valence-electron chi connectivity index (χ2n) is 4.56. The van der Waals surface area contributed by atoms with Gasteiger partial charge in [-0.15, -0.1) is 0 Å². The van der Waals surface area contributed by atoms with Crippen molar-refractivity contribution in [1.29, 1.82) is 0 Å². The summed E-state index contributed by atoms with van der Waals surface area (Å²) < 4.78 is 4.89. The summed E-state index contributed by atoms with van der Waals surface area (Å²) in [6.45, 7) is 4.73. The zero-order valence-corrected chi connectivity index (χ0v) is 12.8. The Labute approximate surface area is 124 Å². The molecule has 0 aromatic heterocycles. The minimum Gasteiger partial charge on any atom is -0.389 e. The Morgan fingerprint density at radius 2 is 2.20 bits per heavy atom. The highest BCUT2D eigenvalue weighted by molar-refractivity contribution is 7.80. The summed E-state index contributed by atoms with van der Waals surface area (Å²) >= 11 is 5.02. The van der Waals surface area contributed by atoms with Crippen LogP contribution in [-0.2, 0) is 9.53 Å². The summed E-state index contributed by atoms with van der Waals surface area (Å²) in [6.07, 6.45) is 0. The Kier molecular flexibility index (Phi) is 6.41. The van der Waals surface area contributed by atoms with E-state index in [2.05, 4.69) is 10.6 Å². The fourth-order valence-corrected chi connectivity index (χ4v) is 1.90. The van der Waals surface area contributed by atoms with Crippen LogP contribution < -0.4 is 16.4 Å². The third-order valence-corrected chi connectivity index (χ3v) is 3.03. The smallest absolute Gasteiger partial charge is 0.242 e. The number of carbonyl (C=O) groups is 1. The molecule has 0 spiro atoms. The van der Waals surface area contributed by atoms with E-state index in [-0.39, 0.29) is 11.9 Å². The Balaban J connectivity index is 2.74. The van der Waals surface area contributed by atoms with Gasteiger partial charge >= 0.3 is 0 Å². The number of nitrogens with two attached hydrogens (primary N) is 1. The van der Waals surface area contributed by atoms with Gasteiger partial charge in [-0.05, 0) is 31.5 Å². The molecule has 1 rings (SSSR count). The van der Waals surface area contributed by atoms with Crippen molar-refractivity contribution in [2.75, 3.05) is 25.6 Å². The lowest BCUT2D eigenvalue weighted by Crippen LogP contribution is -2.39. The highest BCUT2D eigenvalue weighted by Crippen LogP contribution is 2.18. The molecule has 5 nitrogen and oxygen atoms in total. The van der Waals surface area contributed by atoms with E-state index in [0.29, 0.717) is 18.1 Å². The molecule has 0 saturated carbocycles. The third kappa shape index (κ3) is 4.79. The first-order valence-corrected chi connectivity index (χ1v) is 6.80. The largest absolute Gasteiger partial charge is 0.389 e. The monoisotopic (exact) mass is 295 g/mol. The maximum atomic E-state index is 11.9. The van der Waals surface area contributed by atoms with Gasteiger partial charge in [-0.2, -0.15) is 0 Å². The highest BCUT2D eigenvalue weighted by atomic mass is 32.1. The zero-order valence-electron chi connectivity index (χ0n) is 12.0. The maximum Gasteiger partial charge on any atom is 0.242 e. The second-order valence-corrected chi connectivity index (χ2v) is 5.00. The Morgan fingerprint density at radius 1 is 1.50 bits per heavy atom. The minimum absolute atomic E-state index is 0.0996.